The van der Waals surface area contributed by atoms with Crippen LogP contribution in [-0.4, -0.2) is 53.8 Å². The van der Waals surface area contributed by atoms with Crippen LogP contribution in [0.1, 0.15) is 25.0 Å². The number of aryl methyl sites for hydroxylation is 1. The lowest BCUT2D eigenvalue weighted by Crippen LogP contribution is -2.37. The number of aromatic nitrogens is 2. The summed E-state index contributed by atoms with van der Waals surface area (Å²) in [6, 6.07) is 2.34. The van der Waals surface area contributed by atoms with Crippen LogP contribution in [0.3, 0.4) is 0 Å². The van der Waals surface area contributed by atoms with E-state index >= 15 is 0 Å². The molecule has 5 heteroatoms. The van der Waals surface area contributed by atoms with Crippen LogP contribution >= 0.6 is 0 Å². The van der Waals surface area contributed by atoms with Crippen molar-refractivity contribution >= 4 is 0 Å². The first-order valence-electron chi connectivity index (χ1n) is 7.65. The highest BCUT2D eigenvalue weighted by Crippen LogP contribution is 2.12. The third-order valence-corrected chi connectivity index (χ3v) is 3.51. The second-order valence-corrected chi connectivity index (χ2v) is 5.35. The van der Waals surface area contributed by atoms with E-state index in [-0.39, 0.29) is 6.10 Å². The topological polar surface area (TPSA) is 47.5 Å². The van der Waals surface area contributed by atoms with Crippen LogP contribution in [0.4, 0.5) is 0 Å². The van der Waals surface area contributed by atoms with E-state index in [9.17, 15) is 0 Å². The van der Waals surface area contributed by atoms with Crippen LogP contribution < -0.4 is 4.74 Å². The minimum atomic E-state index is 0.0860. The lowest BCUT2D eigenvalue weighted by Gasteiger charge is -2.25. The number of hydrogen-bond acceptors (Lipinski definition) is 5. The molecule has 1 aliphatic rings. The molecule has 5 nitrogen and oxygen atoms in total. The van der Waals surface area contributed by atoms with Crippen molar-refractivity contribution in [3.8, 4) is 6.01 Å². The number of ether oxygens (including phenoxy) is 2. The zero-order chi connectivity index (χ0) is 14.9. The molecular weight excluding hydrogens is 266 g/mol. The average Bonchev–Trinajstić information content (AvgIpc) is 2.73. The van der Waals surface area contributed by atoms with E-state index in [1.165, 1.54) is 0 Å². The molecule has 2 rings (SSSR count). The molecule has 0 aromatic carbocycles. The Morgan fingerprint density at radius 1 is 1.48 bits per heavy atom. The van der Waals surface area contributed by atoms with Crippen LogP contribution in [0.2, 0.25) is 0 Å². The quantitative estimate of drug-likeness (QED) is 0.721. The number of rotatable bonds is 7. The minimum absolute atomic E-state index is 0.0860. The molecule has 0 N–H and O–H groups in total. The van der Waals surface area contributed by atoms with Crippen LogP contribution in [-0.2, 0) is 4.74 Å². The first-order chi connectivity index (χ1) is 10.3. The first-order valence-corrected chi connectivity index (χ1v) is 7.65. The molecular formula is C16H25N3O2. The summed E-state index contributed by atoms with van der Waals surface area (Å²) >= 11 is 0. The van der Waals surface area contributed by atoms with Gasteiger partial charge in [-0.25, -0.2) is 9.97 Å². The molecule has 0 unspecified atom stereocenters. The van der Waals surface area contributed by atoms with E-state index in [0.717, 1.165) is 57.8 Å². The normalized spacial score (nSPS) is 18.0. The van der Waals surface area contributed by atoms with Crippen molar-refractivity contribution in [3.05, 3.63) is 30.6 Å². The summed E-state index contributed by atoms with van der Waals surface area (Å²) in [6.07, 6.45) is 6.69. The highest BCUT2D eigenvalue weighted by Gasteiger charge is 2.18. The lowest BCUT2D eigenvalue weighted by atomic mass is 10.2. The van der Waals surface area contributed by atoms with Gasteiger partial charge in [0.15, 0.2) is 0 Å². The highest BCUT2D eigenvalue weighted by atomic mass is 16.5. The fourth-order valence-corrected chi connectivity index (χ4v) is 2.39. The van der Waals surface area contributed by atoms with Crippen LogP contribution in [0, 0.1) is 6.92 Å². The van der Waals surface area contributed by atoms with Crippen LogP contribution in [0.5, 0.6) is 6.01 Å². The van der Waals surface area contributed by atoms with Crippen LogP contribution in [0.25, 0.3) is 0 Å². The molecule has 1 fully saturated rings. The highest BCUT2D eigenvalue weighted by molar-refractivity contribution is 5.03. The van der Waals surface area contributed by atoms with Gasteiger partial charge >= 0.3 is 6.01 Å². The minimum Gasteiger partial charge on any atom is -0.459 e. The van der Waals surface area contributed by atoms with Gasteiger partial charge in [0.1, 0.15) is 6.10 Å². The maximum absolute atomic E-state index is 5.99. The predicted molar refractivity (Wildman–Crippen MR) is 82.5 cm³/mol. The standard InChI is InChI=1S/C16H25N3O2/c1-3-4-6-15(13-19-9-5-11-20-12-10-19)21-16-17-8-7-14(2)18-16/h3,7-8,15H,1,4-6,9-13H2,2H3/t15-/m1/s1. The lowest BCUT2D eigenvalue weighted by molar-refractivity contribution is 0.106. The SMILES string of the molecule is C=CCC[C@H](CN1CCCOCC1)Oc1nccc(C)n1. The Bertz CT molecular complexity index is 431. The molecule has 116 valence electrons. The Morgan fingerprint density at radius 2 is 2.38 bits per heavy atom. The summed E-state index contributed by atoms with van der Waals surface area (Å²) in [5.41, 5.74) is 0.922. The largest absolute Gasteiger partial charge is 0.459 e. The maximum atomic E-state index is 5.99. The number of allylic oxidation sites excluding steroid dienone is 1. The maximum Gasteiger partial charge on any atom is 0.316 e. The van der Waals surface area contributed by atoms with Gasteiger partial charge in [-0.2, -0.15) is 0 Å². The Balaban J connectivity index is 1.94. The molecule has 0 radical (unpaired) electrons. The van der Waals surface area contributed by atoms with Gasteiger partial charge in [0.05, 0.1) is 6.61 Å². The van der Waals surface area contributed by atoms with E-state index in [2.05, 4.69) is 21.4 Å². The fraction of sp³-hybridized carbons (Fsp3) is 0.625. The number of nitrogens with zero attached hydrogens (tertiary/aromatic N) is 3. The van der Waals surface area contributed by atoms with Crippen molar-refractivity contribution in [1.82, 2.24) is 14.9 Å². The van der Waals surface area contributed by atoms with E-state index in [1.54, 1.807) is 6.20 Å². The van der Waals surface area contributed by atoms with E-state index in [1.807, 2.05) is 19.1 Å². The zero-order valence-electron chi connectivity index (χ0n) is 12.8. The molecule has 1 saturated heterocycles. The number of hydrogen-bond donors (Lipinski definition) is 0. The Morgan fingerprint density at radius 3 is 3.19 bits per heavy atom. The summed E-state index contributed by atoms with van der Waals surface area (Å²) in [5.74, 6) is 0. The van der Waals surface area contributed by atoms with Crippen molar-refractivity contribution < 1.29 is 9.47 Å². The van der Waals surface area contributed by atoms with Gasteiger partial charge in [-0.1, -0.05) is 6.08 Å². The van der Waals surface area contributed by atoms with Gasteiger partial charge in [-0.15, -0.1) is 6.58 Å². The molecule has 0 aliphatic carbocycles. The third kappa shape index (κ3) is 5.81. The van der Waals surface area contributed by atoms with Gasteiger partial charge in [0.25, 0.3) is 0 Å². The van der Waals surface area contributed by atoms with Crippen molar-refractivity contribution in [1.29, 1.82) is 0 Å². The summed E-state index contributed by atoms with van der Waals surface area (Å²) in [7, 11) is 0. The summed E-state index contributed by atoms with van der Waals surface area (Å²) < 4.78 is 11.5. The van der Waals surface area contributed by atoms with Crippen molar-refractivity contribution in [2.75, 3.05) is 32.8 Å². The summed E-state index contributed by atoms with van der Waals surface area (Å²) in [4.78, 5) is 10.9. The Kier molecular flexibility index (Phi) is 6.63. The van der Waals surface area contributed by atoms with Gasteiger partial charge in [-0.3, -0.25) is 4.90 Å². The molecule has 0 saturated carbocycles. The molecule has 0 amide bonds. The average molecular weight is 291 g/mol. The van der Waals surface area contributed by atoms with Crippen molar-refractivity contribution in [2.45, 2.75) is 32.3 Å². The van der Waals surface area contributed by atoms with Crippen molar-refractivity contribution in [3.63, 3.8) is 0 Å². The van der Waals surface area contributed by atoms with Gasteiger partial charge < -0.3 is 9.47 Å². The summed E-state index contributed by atoms with van der Waals surface area (Å²) in [6.45, 7) is 10.3. The molecule has 21 heavy (non-hydrogen) atoms. The molecule has 0 bridgehead atoms. The molecule has 1 atom stereocenters. The van der Waals surface area contributed by atoms with Gasteiger partial charge in [-0.05, 0) is 32.3 Å². The predicted octanol–water partition coefficient (Wildman–Crippen LogP) is 2.22. The Labute approximate surface area is 127 Å². The second kappa shape index (κ2) is 8.74. The molecule has 2 heterocycles. The third-order valence-electron chi connectivity index (χ3n) is 3.51. The van der Waals surface area contributed by atoms with Gasteiger partial charge in [0, 0.05) is 38.1 Å². The molecule has 0 spiro atoms. The molecule has 1 aromatic heterocycles. The van der Waals surface area contributed by atoms with Crippen molar-refractivity contribution in [2.24, 2.45) is 0 Å². The zero-order valence-corrected chi connectivity index (χ0v) is 12.8. The van der Waals surface area contributed by atoms with Crippen LogP contribution in [0.15, 0.2) is 24.9 Å². The fourth-order valence-electron chi connectivity index (χ4n) is 2.39. The van der Waals surface area contributed by atoms with E-state index in [4.69, 9.17) is 9.47 Å². The molecule has 1 aromatic rings. The monoisotopic (exact) mass is 291 g/mol. The second-order valence-electron chi connectivity index (χ2n) is 5.35. The van der Waals surface area contributed by atoms with E-state index in [0.29, 0.717) is 6.01 Å². The summed E-state index contributed by atoms with van der Waals surface area (Å²) in [5, 5.41) is 0. The smallest absolute Gasteiger partial charge is 0.316 e. The molecule has 1 aliphatic heterocycles. The van der Waals surface area contributed by atoms with E-state index < -0.39 is 0 Å². The van der Waals surface area contributed by atoms with Gasteiger partial charge in [0.2, 0.25) is 0 Å². The first kappa shape index (κ1) is 15.9. The Hall–Kier alpha value is -1.46.